The molecule has 1 aliphatic rings. The summed E-state index contributed by atoms with van der Waals surface area (Å²) in [7, 11) is 1.92. The number of rotatable bonds is 10. The van der Waals surface area contributed by atoms with Crippen LogP contribution in [0.3, 0.4) is 0 Å². The zero-order chi connectivity index (χ0) is 26.2. The van der Waals surface area contributed by atoms with Gasteiger partial charge in [0.25, 0.3) is 5.91 Å². The van der Waals surface area contributed by atoms with Crippen molar-refractivity contribution in [3.05, 3.63) is 52.3 Å². The lowest BCUT2D eigenvalue weighted by atomic mass is 9.99. The molecule has 0 unspecified atom stereocenters. The highest BCUT2D eigenvalue weighted by molar-refractivity contribution is 7.15. The van der Waals surface area contributed by atoms with Crippen molar-refractivity contribution in [2.75, 3.05) is 42.1 Å². The van der Waals surface area contributed by atoms with E-state index in [4.69, 9.17) is 0 Å². The molecule has 192 valence electrons. The number of nitrogens with zero attached hydrogens (tertiary/aromatic N) is 3. The number of aromatic nitrogens is 2. The van der Waals surface area contributed by atoms with E-state index in [0.29, 0.717) is 46.7 Å². The molecule has 0 bridgehead atoms. The molecule has 1 fully saturated rings. The normalized spacial score (nSPS) is 12.7. The average Bonchev–Trinajstić information content (AvgIpc) is 3.59. The van der Waals surface area contributed by atoms with Gasteiger partial charge < -0.3 is 26.2 Å². The lowest BCUT2D eigenvalue weighted by Gasteiger charge is -2.16. The number of Topliss-reactive ketones (excluding diaryl/α,β-unsaturated/α-hetero) is 1. The molecule has 3 aromatic rings. The molecule has 1 saturated heterocycles. The standard InChI is InChI=1S/C25H30BN7O3S/c1-16(34)20-8-9-21(37-20)23(35)28-11-5-10-27-22-19(26)15-29-24(32-22)30-17-6-4-7-18(14-17)31-25(36)33-12-2-3-13-33/h4,6-9,14-15H,2-3,5,10-13,26H2,1H3,(H,28,35)(H,31,36)(H2,27,29,30,32). The highest BCUT2D eigenvalue weighted by atomic mass is 32.1. The van der Waals surface area contributed by atoms with Crippen molar-refractivity contribution in [2.45, 2.75) is 26.2 Å². The maximum Gasteiger partial charge on any atom is 0.321 e. The first-order chi connectivity index (χ1) is 17.9. The Balaban J connectivity index is 1.26. The van der Waals surface area contributed by atoms with E-state index in [1.807, 2.05) is 37.0 Å². The molecule has 4 rings (SSSR count). The molecule has 0 atom stereocenters. The molecule has 4 N–H and O–H groups in total. The number of carbonyl (C=O) groups excluding carboxylic acids is 3. The summed E-state index contributed by atoms with van der Waals surface area (Å²) < 4.78 is 0. The van der Waals surface area contributed by atoms with E-state index in [9.17, 15) is 14.4 Å². The fraction of sp³-hybridized carbons (Fsp3) is 0.320. The maximum absolute atomic E-state index is 12.4. The number of hydrogen-bond acceptors (Lipinski definition) is 8. The SMILES string of the molecule is Bc1cnc(Nc2cccc(NC(=O)N3CCCC3)c2)nc1NCCCNC(=O)c1ccc(C(C)=O)s1. The first kappa shape index (κ1) is 26.1. The summed E-state index contributed by atoms with van der Waals surface area (Å²) in [6, 6.07) is 10.7. The van der Waals surface area contributed by atoms with Crippen LogP contribution in [0, 0.1) is 0 Å². The van der Waals surface area contributed by atoms with E-state index in [2.05, 4.69) is 31.2 Å². The van der Waals surface area contributed by atoms with Gasteiger partial charge in [-0.05, 0) is 62.0 Å². The number of carbonyl (C=O) groups is 3. The monoisotopic (exact) mass is 519 g/mol. The predicted octanol–water partition coefficient (Wildman–Crippen LogP) is 2.60. The lowest BCUT2D eigenvalue weighted by Crippen LogP contribution is -2.32. The van der Waals surface area contributed by atoms with Crippen molar-refractivity contribution in [1.29, 1.82) is 0 Å². The van der Waals surface area contributed by atoms with Crippen LogP contribution in [0.2, 0.25) is 0 Å². The van der Waals surface area contributed by atoms with Crippen molar-refractivity contribution in [2.24, 2.45) is 0 Å². The first-order valence-corrected chi connectivity index (χ1v) is 13.1. The molecule has 0 aliphatic carbocycles. The van der Waals surface area contributed by atoms with Gasteiger partial charge in [-0.2, -0.15) is 4.98 Å². The third-order valence-corrected chi connectivity index (χ3v) is 7.03. The number of thiophene rings is 1. The highest BCUT2D eigenvalue weighted by Gasteiger charge is 2.18. The third-order valence-electron chi connectivity index (χ3n) is 5.84. The number of likely N-dealkylation sites (tertiary alicyclic amines) is 1. The van der Waals surface area contributed by atoms with Crippen LogP contribution in [0.25, 0.3) is 0 Å². The first-order valence-electron chi connectivity index (χ1n) is 12.3. The topological polar surface area (TPSA) is 128 Å². The van der Waals surface area contributed by atoms with E-state index in [1.54, 1.807) is 18.3 Å². The van der Waals surface area contributed by atoms with Crippen LogP contribution in [0.5, 0.6) is 0 Å². The second-order valence-corrected chi connectivity index (χ2v) is 9.90. The molecule has 37 heavy (non-hydrogen) atoms. The van der Waals surface area contributed by atoms with Crippen LogP contribution in [0.4, 0.5) is 27.9 Å². The van der Waals surface area contributed by atoms with Gasteiger partial charge in [0.1, 0.15) is 13.7 Å². The number of anilines is 4. The molecule has 3 amide bonds. The minimum Gasteiger partial charge on any atom is -0.370 e. The summed E-state index contributed by atoms with van der Waals surface area (Å²) in [6.45, 7) is 4.17. The van der Waals surface area contributed by atoms with Gasteiger partial charge in [0.15, 0.2) is 5.78 Å². The number of amides is 3. The van der Waals surface area contributed by atoms with Crippen LogP contribution in [-0.2, 0) is 0 Å². The zero-order valence-corrected chi connectivity index (χ0v) is 21.8. The summed E-state index contributed by atoms with van der Waals surface area (Å²) in [4.78, 5) is 47.9. The quantitative estimate of drug-likeness (QED) is 0.184. The molecule has 12 heteroatoms. The fourth-order valence-electron chi connectivity index (χ4n) is 3.84. The Morgan fingerprint density at radius 3 is 2.57 bits per heavy atom. The number of nitrogens with one attached hydrogen (secondary N) is 4. The Hall–Kier alpha value is -3.93. The molecule has 1 aliphatic heterocycles. The van der Waals surface area contributed by atoms with Gasteiger partial charge in [-0.25, -0.2) is 9.78 Å². The van der Waals surface area contributed by atoms with Gasteiger partial charge in [0, 0.05) is 43.8 Å². The van der Waals surface area contributed by atoms with E-state index in [-0.39, 0.29) is 17.7 Å². The van der Waals surface area contributed by atoms with Crippen LogP contribution in [-0.4, -0.2) is 66.6 Å². The van der Waals surface area contributed by atoms with Crippen LogP contribution < -0.4 is 26.7 Å². The van der Waals surface area contributed by atoms with Crippen molar-refractivity contribution < 1.29 is 14.4 Å². The van der Waals surface area contributed by atoms with Crippen molar-refractivity contribution in [3.8, 4) is 0 Å². The summed E-state index contributed by atoms with van der Waals surface area (Å²) >= 11 is 1.20. The van der Waals surface area contributed by atoms with Crippen molar-refractivity contribution in [1.82, 2.24) is 20.2 Å². The Bertz CT molecular complexity index is 1280. The van der Waals surface area contributed by atoms with E-state index in [1.165, 1.54) is 18.3 Å². The minimum atomic E-state index is -0.180. The lowest BCUT2D eigenvalue weighted by molar-refractivity contribution is 0.0957. The van der Waals surface area contributed by atoms with Gasteiger partial charge in [0.05, 0.1) is 9.75 Å². The Labute approximate surface area is 220 Å². The van der Waals surface area contributed by atoms with Crippen molar-refractivity contribution in [3.63, 3.8) is 0 Å². The van der Waals surface area contributed by atoms with Gasteiger partial charge in [-0.15, -0.1) is 11.3 Å². The maximum atomic E-state index is 12.4. The van der Waals surface area contributed by atoms with Crippen molar-refractivity contribution >= 4 is 65.5 Å². The number of hydrogen-bond donors (Lipinski definition) is 4. The summed E-state index contributed by atoms with van der Waals surface area (Å²) in [6.07, 6.45) is 4.52. The summed E-state index contributed by atoms with van der Waals surface area (Å²) in [5.41, 5.74) is 2.37. The predicted molar refractivity (Wildman–Crippen MR) is 150 cm³/mol. The number of benzene rings is 1. The summed E-state index contributed by atoms with van der Waals surface area (Å²) in [5.74, 6) is 0.912. The molecular weight excluding hydrogens is 489 g/mol. The molecule has 2 aromatic heterocycles. The minimum absolute atomic E-state index is 0.0423. The second-order valence-electron chi connectivity index (χ2n) is 8.81. The zero-order valence-electron chi connectivity index (χ0n) is 21.0. The van der Waals surface area contributed by atoms with Gasteiger partial charge in [-0.1, -0.05) is 6.07 Å². The van der Waals surface area contributed by atoms with Crippen LogP contribution >= 0.6 is 11.3 Å². The third kappa shape index (κ3) is 7.29. The Kier molecular flexibility index (Phi) is 8.73. The fourth-order valence-corrected chi connectivity index (χ4v) is 4.66. The molecule has 3 heterocycles. The average molecular weight is 519 g/mol. The molecule has 0 saturated carbocycles. The highest BCUT2D eigenvalue weighted by Crippen LogP contribution is 2.20. The molecule has 10 nitrogen and oxygen atoms in total. The molecule has 1 aromatic carbocycles. The van der Waals surface area contributed by atoms with E-state index < -0.39 is 0 Å². The van der Waals surface area contributed by atoms with Crippen LogP contribution in [0.15, 0.2) is 42.6 Å². The second kappa shape index (κ2) is 12.4. The number of urea groups is 1. The summed E-state index contributed by atoms with van der Waals surface area (Å²) in [5, 5.41) is 12.3. The van der Waals surface area contributed by atoms with E-state index in [0.717, 1.165) is 37.1 Å². The molecule has 0 radical (unpaired) electrons. The smallest absolute Gasteiger partial charge is 0.321 e. The van der Waals surface area contributed by atoms with E-state index >= 15 is 0 Å². The Morgan fingerprint density at radius 1 is 1.05 bits per heavy atom. The number of ketones is 1. The van der Waals surface area contributed by atoms with Gasteiger partial charge in [-0.3, -0.25) is 9.59 Å². The molecule has 0 spiro atoms. The Morgan fingerprint density at radius 2 is 1.81 bits per heavy atom. The van der Waals surface area contributed by atoms with Crippen LogP contribution in [0.1, 0.15) is 45.5 Å². The molecular formula is C25H30BN7O3S. The largest absolute Gasteiger partial charge is 0.370 e. The van der Waals surface area contributed by atoms with Gasteiger partial charge in [0.2, 0.25) is 5.95 Å². The van der Waals surface area contributed by atoms with Gasteiger partial charge >= 0.3 is 6.03 Å².